The van der Waals surface area contributed by atoms with Gasteiger partial charge in [0.25, 0.3) is 5.91 Å². The van der Waals surface area contributed by atoms with Crippen molar-refractivity contribution < 1.29 is 18.0 Å². The molecule has 0 saturated heterocycles. The maximum atomic E-state index is 13.1. The fraction of sp³-hybridized carbons (Fsp3) is 0.0500. The van der Waals surface area contributed by atoms with E-state index in [0.29, 0.717) is 16.9 Å². The third-order valence-electron chi connectivity index (χ3n) is 3.80. The average Bonchev–Trinajstić information content (AvgIpc) is 2.68. The second-order valence-corrected chi connectivity index (χ2v) is 5.71. The molecule has 2 N–H and O–H groups in total. The topological polar surface area (TPSA) is 77.8 Å². The van der Waals surface area contributed by atoms with Crippen LogP contribution in [0.25, 0.3) is 0 Å². The summed E-state index contributed by atoms with van der Waals surface area (Å²) >= 11 is 0. The van der Waals surface area contributed by atoms with Crippen LogP contribution >= 0.6 is 0 Å². The van der Waals surface area contributed by atoms with Gasteiger partial charge in [0.15, 0.2) is 0 Å². The Morgan fingerprint density at radius 3 is 2.39 bits per heavy atom. The van der Waals surface area contributed by atoms with E-state index in [9.17, 15) is 18.0 Å². The standard InChI is InChI=1S/C20H13F3N4O/c21-20(22,23)15-6-2-4-8-17(15)27-19(28)18-11-14(9-10-25-18)26-16-7-3-1-5-13(16)12-24/h1-11H,(H,25,26)(H,27,28). The van der Waals surface area contributed by atoms with Gasteiger partial charge in [-0.2, -0.15) is 18.4 Å². The number of para-hydroxylation sites is 2. The predicted octanol–water partition coefficient (Wildman–Crippen LogP) is 4.97. The zero-order valence-corrected chi connectivity index (χ0v) is 14.3. The second-order valence-electron chi connectivity index (χ2n) is 5.71. The quantitative estimate of drug-likeness (QED) is 0.668. The maximum Gasteiger partial charge on any atom is 0.418 e. The van der Waals surface area contributed by atoms with Crippen LogP contribution in [0.1, 0.15) is 21.6 Å². The number of benzene rings is 2. The number of halogens is 3. The van der Waals surface area contributed by atoms with Gasteiger partial charge < -0.3 is 10.6 Å². The fourth-order valence-corrected chi connectivity index (χ4v) is 2.50. The summed E-state index contributed by atoms with van der Waals surface area (Å²) in [7, 11) is 0. The molecule has 0 spiro atoms. The molecule has 0 fully saturated rings. The number of aromatic nitrogens is 1. The van der Waals surface area contributed by atoms with Gasteiger partial charge >= 0.3 is 6.18 Å². The van der Waals surface area contributed by atoms with E-state index in [1.54, 1.807) is 30.3 Å². The minimum atomic E-state index is -4.60. The summed E-state index contributed by atoms with van der Waals surface area (Å²) in [6.45, 7) is 0. The summed E-state index contributed by atoms with van der Waals surface area (Å²) < 4.78 is 39.2. The highest BCUT2D eigenvalue weighted by Crippen LogP contribution is 2.34. The smallest absolute Gasteiger partial charge is 0.354 e. The lowest BCUT2D eigenvalue weighted by atomic mass is 10.1. The first kappa shape index (κ1) is 18.9. The highest BCUT2D eigenvalue weighted by atomic mass is 19.4. The molecule has 1 amide bonds. The first-order valence-corrected chi connectivity index (χ1v) is 8.08. The van der Waals surface area contributed by atoms with Crippen LogP contribution in [0, 0.1) is 11.3 Å². The number of anilines is 3. The third-order valence-corrected chi connectivity index (χ3v) is 3.80. The van der Waals surface area contributed by atoms with Crippen molar-refractivity contribution in [2.75, 3.05) is 10.6 Å². The van der Waals surface area contributed by atoms with Crippen molar-refractivity contribution in [2.24, 2.45) is 0 Å². The Kier molecular flexibility index (Phi) is 5.27. The van der Waals surface area contributed by atoms with Crippen LogP contribution < -0.4 is 10.6 Å². The van der Waals surface area contributed by atoms with Gasteiger partial charge in [0, 0.05) is 11.9 Å². The molecule has 8 heteroatoms. The Balaban J connectivity index is 1.83. The zero-order valence-electron chi connectivity index (χ0n) is 14.3. The molecule has 1 aromatic heterocycles. The van der Waals surface area contributed by atoms with Crippen LogP contribution in [-0.4, -0.2) is 10.9 Å². The number of nitrogens with one attached hydrogen (secondary N) is 2. The van der Waals surface area contributed by atoms with Gasteiger partial charge in [-0.05, 0) is 36.4 Å². The van der Waals surface area contributed by atoms with Crippen molar-refractivity contribution in [2.45, 2.75) is 6.18 Å². The van der Waals surface area contributed by atoms with E-state index in [1.165, 1.54) is 30.5 Å². The summed E-state index contributed by atoms with van der Waals surface area (Å²) in [6.07, 6.45) is -3.25. The van der Waals surface area contributed by atoms with E-state index in [0.717, 1.165) is 6.07 Å². The van der Waals surface area contributed by atoms with Crippen LogP contribution in [0.5, 0.6) is 0 Å². The van der Waals surface area contributed by atoms with Crippen molar-refractivity contribution in [3.05, 3.63) is 83.7 Å². The van der Waals surface area contributed by atoms with Gasteiger partial charge in [-0.25, -0.2) is 0 Å². The molecule has 0 saturated carbocycles. The summed E-state index contributed by atoms with van der Waals surface area (Å²) in [5.41, 5.74) is 0.0355. The largest absolute Gasteiger partial charge is 0.418 e. The number of nitriles is 1. The zero-order chi connectivity index (χ0) is 20.1. The van der Waals surface area contributed by atoms with E-state index >= 15 is 0 Å². The molecule has 3 rings (SSSR count). The number of rotatable bonds is 4. The van der Waals surface area contributed by atoms with Gasteiger partial charge in [-0.3, -0.25) is 9.78 Å². The van der Waals surface area contributed by atoms with Crippen molar-refractivity contribution in [1.82, 2.24) is 4.98 Å². The average molecular weight is 382 g/mol. The second kappa shape index (κ2) is 7.80. The number of nitrogens with zero attached hydrogens (tertiary/aromatic N) is 2. The van der Waals surface area contributed by atoms with E-state index in [2.05, 4.69) is 15.6 Å². The molecule has 2 aromatic carbocycles. The van der Waals surface area contributed by atoms with Crippen molar-refractivity contribution in [3.8, 4) is 6.07 Å². The summed E-state index contributed by atoms with van der Waals surface area (Å²) in [5.74, 6) is -0.783. The summed E-state index contributed by atoms with van der Waals surface area (Å²) in [5, 5.41) is 14.4. The first-order chi connectivity index (χ1) is 13.4. The molecule has 3 aromatic rings. The molecule has 5 nitrogen and oxygen atoms in total. The molecule has 0 radical (unpaired) electrons. The lowest BCUT2D eigenvalue weighted by Crippen LogP contribution is -2.17. The Morgan fingerprint density at radius 2 is 1.68 bits per heavy atom. The van der Waals surface area contributed by atoms with Gasteiger partial charge in [0.1, 0.15) is 11.8 Å². The molecular weight excluding hydrogens is 369 g/mol. The highest BCUT2D eigenvalue weighted by Gasteiger charge is 2.33. The molecule has 28 heavy (non-hydrogen) atoms. The molecular formula is C20H13F3N4O. The number of pyridine rings is 1. The number of carbonyl (C=O) groups excluding carboxylic acids is 1. The lowest BCUT2D eigenvalue weighted by molar-refractivity contribution is -0.136. The first-order valence-electron chi connectivity index (χ1n) is 8.08. The normalized spacial score (nSPS) is 10.8. The van der Waals surface area contributed by atoms with Gasteiger partial charge in [0.05, 0.1) is 22.5 Å². The highest BCUT2D eigenvalue weighted by molar-refractivity contribution is 6.03. The van der Waals surface area contributed by atoms with Crippen LogP contribution in [0.4, 0.5) is 30.2 Å². The van der Waals surface area contributed by atoms with Gasteiger partial charge in [0.2, 0.25) is 0 Å². The molecule has 0 aliphatic carbocycles. The summed E-state index contributed by atoms with van der Waals surface area (Å²) in [4.78, 5) is 16.3. The van der Waals surface area contributed by atoms with E-state index in [1.807, 2.05) is 6.07 Å². The van der Waals surface area contributed by atoms with E-state index < -0.39 is 17.6 Å². The van der Waals surface area contributed by atoms with E-state index in [4.69, 9.17) is 5.26 Å². The monoisotopic (exact) mass is 382 g/mol. The van der Waals surface area contributed by atoms with Gasteiger partial charge in [-0.15, -0.1) is 0 Å². The SMILES string of the molecule is N#Cc1ccccc1Nc1ccnc(C(=O)Nc2ccccc2C(F)(F)F)c1. The Morgan fingerprint density at radius 1 is 1.00 bits per heavy atom. The van der Waals surface area contributed by atoms with Crippen LogP contribution in [0.3, 0.4) is 0 Å². The van der Waals surface area contributed by atoms with Crippen LogP contribution in [0.15, 0.2) is 66.9 Å². The van der Waals surface area contributed by atoms with E-state index in [-0.39, 0.29) is 11.4 Å². The van der Waals surface area contributed by atoms with Gasteiger partial charge in [-0.1, -0.05) is 24.3 Å². The van der Waals surface area contributed by atoms with Crippen molar-refractivity contribution >= 4 is 23.0 Å². The predicted molar refractivity (Wildman–Crippen MR) is 98.1 cm³/mol. The molecule has 0 unspecified atom stereocenters. The van der Waals surface area contributed by atoms with Crippen molar-refractivity contribution in [3.63, 3.8) is 0 Å². The van der Waals surface area contributed by atoms with Crippen LogP contribution in [0.2, 0.25) is 0 Å². The molecule has 0 atom stereocenters. The Bertz CT molecular complexity index is 1060. The minimum absolute atomic E-state index is 0.0728. The Hall–Kier alpha value is -3.86. The van der Waals surface area contributed by atoms with Crippen LogP contribution in [-0.2, 0) is 6.18 Å². The van der Waals surface area contributed by atoms with Crippen molar-refractivity contribution in [1.29, 1.82) is 5.26 Å². The fourth-order valence-electron chi connectivity index (χ4n) is 2.50. The molecule has 0 aliphatic rings. The summed E-state index contributed by atoms with van der Waals surface area (Å²) in [6, 6.07) is 16.5. The number of hydrogen-bond donors (Lipinski definition) is 2. The molecule has 140 valence electrons. The molecule has 1 heterocycles. The molecule has 0 bridgehead atoms. The molecule has 0 aliphatic heterocycles. The maximum absolute atomic E-state index is 13.1. The number of alkyl halides is 3. The lowest BCUT2D eigenvalue weighted by Gasteiger charge is -2.13. The number of carbonyl (C=O) groups is 1. The minimum Gasteiger partial charge on any atom is -0.354 e. The Labute approximate surface area is 158 Å². The third kappa shape index (κ3) is 4.27. The number of hydrogen-bond acceptors (Lipinski definition) is 4. The number of amides is 1.